The zero-order chi connectivity index (χ0) is 10.9. The third-order valence-corrected chi connectivity index (χ3v) is 2.57. The van der Waals surface area contributed by atoms with Crippen LogP contribution in [0, 0.1) is 0 Å². The summed E-state index contributed by atoms with van der Waals surface area (Å²) in [6.45, 7) is 3.69. The number of benzene rings is 1. The van der Waals surface area contributed by atoms with E-state index in [9.17, 15) is 5.11 Å². The lowest BCUT2D eigenvalue weighted by atomic mass is 10.0. The smallest absolute Gasteiger partial charge is 0.0790 e. The van der Waals surface area contributed by atoms with Crippen molar-refractivity contribution >= 4 is 0 Å². The summed E-state index contributed by atoms with van der Waals surface area (Å²) in [5, 5.41) is 9.86. The second-order valence-corrected chi connectivity index (χ2v) is 3.85. The molecule has 0 aliphatic carbocycles. The van der Waals surface area contributed by atoms with Crippen LogP contribution in [-0.4, -0.2) is 5.11 Å². The Bertz CT molecular complexity index is 266. The van der Waals surface area contributed by atoms with Gasteiger partial charge in [-0.25, -0.2) is 0 Å². The Morgan fingerprint density at radius 3 is 2.53 bits per heavy atom. The fourth-order valence-electron chi connectivity index (χ4n) is 1.64. The molecule has 0 aliphatic heterocycles. The molecule has 0 spiro atoms. The molecule has 1 aromatic carbocycles. The second kappa shape index (κ2) is 7.24. The molecule has 1 nitrogen and oxygen atoms in total. The van der Waals surface area contributed by atoms with Gasteiger partial charge in [0.05, 0.1) is 6.10 Å². The standard InChI is InChI=1S/C14H20O/c1-2-3-4-5-9-12-14(15)13-10-7-6-8-11-13/h2,6-8,10-11,14-15H,1,3-5,9,12H2. The Labute approximate surface area is 92.5 Å². The molecule has 0 amide bonds. The Morgan fingerprint density at radius 1 is 1.13 bits per heavy atom. The molecular formula is C14H20O. The van der Waals surface area contributed by atoms with Gasteiger partial charge in [0.2, 0.25) is 0 Å². The van der Waals surface area contributed by atoms with Gasteiger partial charge < -0.3 is 5.11 Å². The highest BCUT2D eigenvalue weighted by atomic mass is 16.3. The molecule has 1 unspecified atom stereocenters. The van der Waals surface area contributed by atoms with Gasteiger partial charge in [0.1, 0.15) is 0 Å². The molecular weight excluding hydrogens is 184 g/mol. The van der Waals surface area contributed by atoms with Crippen LogP contribution < -0.4 is 0 Å². The van der Waals surface area contributed by atoms with E-state index in [0.29, 0.717) is 0 Å². The summed E-state index contributed by atoms with van der Waals surface area (Å²) >= 11 is 0. The molecule has 1 rings (SSSR count). The molecule has 0 aliphatic rings. The van der Waals surface area contributed by atoms with E-state index in [1.807, 2.05) is 36.4 Å². The minimum absolute atomic E-state index is 0.296. The van der Waals surface area contributed by atoms with Gasteiger partial charge in [0.25, 0.3) is 0 Å². The van der Waals surface area contributed by atoms with Crippen LogP contribution in [0.5, 0.6) is 0 Å². The molecule has 0 aromatic heterocycles. The van der Waals surface area contributed by atoms with Crippen LogP contribution in [0.25, 0.3) is 0 Å². The average molecular weight is 204 g/mol. The van der Waals surface area contributed by atoms with Gasteiger partial charge in [0, 0.05) is 0 Å². The van der Waals surface area contributed by atoms with Gasteiger partial charge in [0.15, 0.2) is 0 Å². The van der Waals surface area contributed by atoms with Crippen LogP contribution in [0.2, 0.25) is 0 Å². The summed E-state index contributed by atoms with van der Waals surface area (Å²) in [4.78, 5) is 0. The van der Waals surface area contributed by atoms with E-state index in [0.717, 1.165) is 24.8 Å². The molecule has 0 radical (unpaired) electrons. The van der Waals surface area contributed by atoms with E-state index in [-0.39, 0.29) is 6.10 Å². The Kier molecular flexibility index (Phi) is 5.79. The maximum absolute atomic E-state index is 9.86. The van der Waals surface area contributed by atoms with Gasteiger partial charge in [-0.1, -0.05) is 49.2 Å². The van der Waals surface area contributed by atoms with Crippen molar-refractivity contribution in [3.05, 3.63) is 48.6 Å². The second-order valence-electron chi connectivity index (χ2n) is 3.85. The van der Waals surface area contributed by atoms with Crippen molar-refractivity contribution in [3.8, 4) is 0 Å². The van der Waals surface area contributed by atoms with Crippen LogP contribution in [0.1, 0.15) is 43.8 Å². The fourth-order valence-corrected chi connectivity index (χ4v) is 1.64. The molecule has 1 heteroatoms. The minimum atomic E-state index is -0.296. The SMILES string of the molecule is C=CCCCCCC(O)c1ccccc1. The Hall–Kier alpha value is -1.08. The monoisotopic (exact) mass is 204 g/mol. The summed E-state index contributed by atoms with van der Waals surface area (Å²) in [7, 11) is 0. The van der Waals surface area contributed by atoms with Crippen molar-refractivity contribution < 1.29 is 5.11 Å². The molecule has 1 N–H and O–H groups in total. The molecule has 1 atom stereocenters. The van der Waals surface area contributed by atoms with Gasteiger partial charge in [-0.2, -0.15) is 0 Å². The van der Waals surface area contributed by atoms with E-state index in [2.05, 4.69) is 6.58 Å². The summed E-state index contributed by atoms with van der Waals surface area (Å²) in [5.74, 6) is 0. The molecule has 0 bridgehead atoms. The zero-order valence-electron chi connectivity index (χ0n) is 9.23. The number of allylic oxidation sites excluding steroid dienone is 1. The molecule has 82 valence electrons. The summed E-state index contributed by atoms with van der Waals surface area (Å²) in [6, 6.07) is 9.87. The Balaban J connectivity index is 2.19. The molecule has 1 aromatic rings. The number of hydrogen-bond acceptors (Lipinski definition) is 1. The van der Waals surface area contributed by atoms with E-state index < -0.39 is 0 Å². The lowest BCUT2D eigenvalue weighted by Crippen LogP contribution is -1.96. The highest BCUT2D eigenvalue weighted by molar-refractivity contribution is 5.16. The van der Waals surface area contributed by atoms with Crippen LogP contribution >= 0.6 is 0 Å². The minimum Gasteiger partial charge on any atom is -0.388 e. The van der Waals surface area contributed by atoms with Gasteiger partial charge in [-0.3, -0.25) is 0 Å². The van der Waals surface area contributed by atoms with Gasteiger partial charge in [-0.05, 0) is 24.8 Å². The number of hydrogen-bond donors (Lipinski definition) is 1. The largest absolute Gasteiger partial charge is 0.388 e. The van der Waals surface area contributed by atoms with Crippen LogP contribution in [-0.2, 0) is 0 Å². The number of unbranched alkanes of at least 4 members (excludes halogenated alkanes) is 3. The first-order chi connectivity index (χ1) is 7.34. The van der Waals surface area contributed by atoms with Crippen molar-refractivity contribution in [2.45, 2.75) is 38.2 Å². The molecule has 0 saturated carbocycles. The van der Waals surface area contributed by atoms with Crippen LogP contribution in [0.3, 0.4) is 0 Å². The van der Waals surface area contributed by atoms with E-state index >= 15 is 0 Å². The number of rotatable bonds is 7. The quantitative estimate of drug-likeness (QED) is 0.528. The molecule has 0 heterocycles. The van der Waals surface area contributed by atoms with Crippen molar-refractivity contribution in [1.29, 1.82) is 0 Å². The van der Waals surface area contributed by atoms with Crippen molar-refractivity contribution in [3.63, 3.8) is 0 Å². The first-order valence-electron chi connectivity index (χ1n) is 5.68. The highest BCUT2D eigenvalue weighted by Gasteiger charge is 2.05. The summed E-state index contributed by atoms with van der Waals surface area (Å²) in [6.07, 6.45) is 7.05. The van der Waals surface area contributed by atoms with Crippen LogP contribution in [0.15, 0.2) is 43.0 Å². The lowest BCUT2D eigenvalue weighted by Gasteiger charge is -2.10. The van der Waals surface area contributed by atoms with E-state index in [4.69, 9.17) is 0 Å². The average Bonchev–Trinajstić information content (AvgIpc) is 2.30. The van der Waals surface area contributed by atoms with Gasteiger partial charge >= 0.3 is 0 Å². The first-order valence-corrected chi connectivity index (χ1v) is 5.68. The lowest BCUT2D eigenvalue weighted by molar-refractivity contribution is 0.163. The normalized spacial score (nSPS) is 12.3. The zero-order valence-corrected chi connectivity index (χ0v) is 9.23. The predicted molar refractivity (Wildman–Crippen MR) is 64.7 cm³/mol. The number of aliphatic hydroxyl groups excluding tert-OH is 1. The molecule has 0 saturated heterocycles. The van der Waals surface area contributed by atoms with Crippen molar-refractivity contribution in [1.82, 2.24) is 0 Å². The highest BCUT2D eigenvalue weighted by Crippen LogP contribution is 2.19. The van der Waals surface area contributed by atoms with Crippen molar-refractivity contribution in [2.24, 2.45) is 0 Å². The molecule has 15 heavy (non-hydrogen) atoms. The van der Waals surface area contributed by atoms with Crippen molar-refractivity contribution in [2.75, 3.05) is 0 Å². The fraction of sp³-hybridized carbons (Fsp3) is 0.429. The number of aliphatic hydroxyl groups is 1. The molecule has 0 fully saturated rings. The predicted octanol–water partition coefficient (Wildman–Crippen LogP) is 3.86. The first kappa shape index (κ1) is 12.0. The van der Waals surface area contributed by atoms with E-state index in [1.165, 1.54) is 12.8 Å². The van der Waals surface area contributed by atoms with Gasteiger partial charge in [-0.15, -0.1) is 6.58 Å². The third-order valence-electron chi connectivity index (χ3n) is 2.57. The summed E-state index contributed by atoms with van der Waals surface area (Å²) < 4.78 is 0. The maximum atomic E-state index is 9.86. The van der Waals surface area contributed by atoms with Crippen LogP contribution in [0.4, 0.5) is 0 Å². The Morgan fingerprint density at radius 2 is 1.87 bits per heavy atom. The topological polar surface area (TPSA) is 20.2 Å². The third kappa shape index (κ3) is 4.80. The summed E-state index contributed by atoms with van der Waals surface area (Å²) in [5.41, 5.74) is 1.03. The van der Waals surface area contributed by atoms with E-state index in [1.54, 1.807) is 0 Å². The maximum Gasteiger partial charge on any atom is 0.0790 e.